The van der Waals surface area contributed by atoms with Gasteiger partial charge in [-0.05, 0) is 43.3 Å². The summed E-state index contributed by atoms with van der Waals surface area (Å²) in [6.07, 6.45) is 2.82. The Balaban J connectivity index is 1.81. The Morgan fingerprint density at radius 3 is 2.44 bits per heavy atom. The summed E-state index contributed by atoms with van der Waals surface area (Å²) in [5.41, 5.74) is 1.85. The van der Waals surface area contributed by atoms with Gasteiger partial charge in [-0.1, -0.05) is 6.07 Å². The summed E-state index contributed by atoms with van der Waals surface area (Å²) in [5, 5.41) is 3.44. The number of nitrogens with zero attached hydrogens (tertiary/aromatic N) is 2. The number of nitrogens with one attached hydrogen (secondary N) is 1. The summed E-state index contributed by atoms with van der Waals surface area (Å²) in [6.45, 7) is 1.77. The molecule has 1 N–H and O–H groups in total. The first-order valence-corrected chi connectivity index (χ1v) is 10.1. The highest BCUT2D eigenvalue weighted by atomic mass is 32.2. The van der Waals surface area contributed by atoms with Crippen molar-refractivity contribution >= 4 is 32.8 Å². The maximum absolute atomic E-state index is 12.5. The van der Waals surface area contributed by atoms with Crippen LogP contribution in [0.3, 0.4) is 0 Å². The van der Waals surface area contributed by atoms with E-state index in [0.717, 1.165) is 6.26 Å². The highest BCUT2D eigenvalue weighted by Gasteiger charge is 2.17. The van der Waals surface area contributed by atoms with Gasteiger partial charge in [-0.3, -0.25) is 9.78 Å². The molecule has 1 amide bonds. The number of aromatic nitrogens is 2. The zero-order valence-corrected chi connectivity index (χ0v) is 15.2. The monoisotopic (exact) mass is 373 g/mol. The van der Waals surface area contributed by atoms with Crippen LogP contribution >= 0.6 is 11.3 Å². The minimum absolute atomic E-state index is 0.205. The van der Waals surface area contributed by atoms with Crippen LogP contribution in [0.25, 0.3) is 10.7 Å². The molecule has 0 atom stereocenters. The van der Waals surface area contributed by atoms with E-state index >= 15 is 0 Å². The molecule has 0 aliphatic rings. The number of carbonyl (C=O) groups is 1. The molecular formula is C17H15N3O3S2. The number of anilines is 1. The number of amides is 1. The van der Waals surface area contributed by atoms with Crippen molar-refractivity contribution in [3.05, 3.63) is 59.2 Å². The van der Waals surface area contributed by atoms with Crippen molar-refractivity contribution in [3.63, 3.8) is 0 Å². The van der Waals surface area contributed by atoms with Crippen LogP contribution in [0.4, 0.5) is 5.69 Å². The lowest BCUT2D eigenvalue weighted by molar-refractivity contribution is 0.103. The number of rotatable bonds is 4. The van der Waals surface area contributed by atoms with Crippen molar-refractivity contribution in [2.75, 3.05) is 11.6 Å². The Morgan fingerprint density at radius 2 is 1.84 bits per heavy atom. The van der Waals surface area contributed by atoms with Gasteiger partial charge in [0.25, 0.3) is 5.91 Å². The molecule has 25 heavy (non-hydrogen) atoms. The average Bonchev–Trinajstić information content (AvgIpc) is 2.97. The second-order valence-corrected chi connectivity index (χ2v) is 8.41. The quantitative estimate of drug-likeness (QED) is 0.759. The lowest BCUT2D eigenvalue weighted by Gasteiger charge is -2.05. The third-order valence-electron chi connectivity index (χ3n) is 3.43. The molecule has 0 radical (unpaired) electrons. The van der Waals surface area contributed by atoms with E-state index in [9.17, 15) is 13.2 Å². The largest absolute Gasteiger partial charge is 0.321 e. The molecule has 0 saturated heterocycles. The molecule has 3 rings (SSSR count). The Labute approximate surface area is 149 Å². The number of pyridine rings is 1. The predicted molar refractivity (Wildman–Crippen MR) is 97.6 cm³/mol. The predicted octanol–water partition coefficient (Wildman–Crippen LogP) is 3.17. The molecule has 8 heteroatoms. The fourth-order valence-corrected chi connectivity index (χ4v) is 3.75. The molecule has 0 fully saturated rings. The van der Waals surface area contributed by atoms with E-state index in [1.807, 2.05) is 18.2 Å². The number of hydrogen-bond donors (Lipinski definition) is 1. The smallest absolute Gasteiger partial charge is 0.267 e. The third-order valence-corrected chi connectivity index (χ3v) is 5.73. The minimum atomic E-state index is -3.26. The Morgan fingerprint density at radius 1 is 1.12 bits per heavy atom. The second kappa shape index (κ2) is 6.73. The van der Waals surface area contributed by atoms with Gasteiger partial charge in [0.2, 0.25) is 0 Å². The van der Waals surface area contributed by atoms with Crippen molar-refractivity contribution in [1.29, 1.82) is 0 Å². The molecule has 0 spiro atoms. The number of benzene rings is 1. The van der Waals surface area contributed by atoms with Gasteiger partial charge in [-0.2, -0.15) is 0 Å². The molecule has 2 aromatic heterocycles. The van der Waals surface area contributed by atoms with Crippen LogP contribution in [0, 0.1) is 6.92 Å². The number of sulfone groups is 1. The summed E-state index contributed by atoms with van der Waals surface area (Å²) in [5.74, 6) is -0.288. The first kappa shape index (κ1) is 17.2. The summed E-state index contributed by atoms with van der Waals surface area (Å²) in [6, 6.07) is 11.6. The Kier molecular flexibility index (Phi) is 4.65. The minimum Gasteiger partial charge on any atom is -0.321 e. The van der Waals surface area contributed by atoms with E-state index in [2.05, 4.69) is 15.3 Å². The third kappa shape index (κ3) is 3.92. The fourth-order valence-electron chi connectivity index (χ4n) is 2.18. The van der Waals surface area contributed by atoms with E-state index in [1.54, 1.807) is 25.3 Å². The second-order valence-electron chi connectivity index (χ2n) is 5.40. The van der Waals surface area contributed by atoms with Gasteiger partial charge in [0.05, 0.1) is 16.3 Å². The van der Waals surface area contributed by atoms with E-state index in [1.165, 1.54) is 23.5 Å². The van der Waals surface area contributed by atoms with Gasteiger partial charge in [-0.25, -0.2) is 13.4 Å². The van der Waals surface area contributed by atoms with Crippen LogP contribution in [0.15, 0.2) is 53.6 Å². The molecule has 1 aromatic carbocycles. The number of aryl methyl sites for hydroxylation is 1. The van der Waals surface area contributed by atoms with Crippen molar-refractivity contribution in [3.8, 4) is 10.7 Å². The first-order valence-electron chi connectivity index (χ1n) is 7.35. The van der Waals surface area contributed by atoms with Crippen LogP contribution in [0.5, 0.6) is 0 Å². The molecule has 0 unspecified atom stereocenters. The van der Waals surface area contributed by atoms with Gasteiger partial charge in [-0.15, -0.1) is 11.3 Å². The summed E-state index contributed by atoms with van der Waals surface area (Å²) >= 11 is 1.27. The Hall–Kier alpha value is -2.58. The van der Waals surface area contributed by atoms with Gasteiger partial charge in [0.1, 0.15) is 9.88 Å². The SMILES string of the molecule is Cc1nc(-c2ccccn2)sc1C(=O)Nc1ccc(S(C)(=O)=O)cc1. The molecular weight excluding hydrogens is 358 g/mol. The lowest BCUT2D eigenvalue weighted by Crippen LogP contribution is -2.11. The van der Waals surface area contributed by atoms with Crippen LogP contribution < -0.4 is 5.32 Å². The highest BCUT2D eigenvalue weighted by molar-refractivity contribution is 7.90. The van der Waals surface area contributed by atoms with E-state index < -0.39 is 9.84 Å². The zero-order valence-electron chi connectivity index (χ0n) is 13.6. The number of thiazole rings is 1. The molecule has 0 aliphatic heterocycles. The first-order chi connectivity index (χ1) is 11.8. The summed E-state index contributed by atoms with van der Waals surface area (Å²) in [4.78, 5) is 21.8. The molecule has 0 bridgehead atoms. The van der Waals surface area contributed by atoms with Crippen molar-refractivity contribution < 1.29 is 13.2 Å². The van der Waals surface area contributed by atoms with Crippen molar-refractivity contribution in [2.45, 2.75) is 11.8 Å². The topological polar surface area (TPSA) is 89.0 Å². The normalized spacial score (nSPS) is 11.3. The van der Waals surface area contributed by atoms with Crippen LogP contribution in [0.1, 0.15) is 15.4 Å². The van der Waals surface area contributed by atoms with Crippen molar-refractivity contribution in [2.24, 2.45) is 0 Å². The zero-order chi connectivity index (χ0) is 18.0. The molecule has 6 nitrogen and oxygen atoms in total. The molecule has 0 saturated carbocycles. The van der Waals surface area contributed by atoms with Gasteiger partial charge >= 0.3 is 0 Å². The Bertz CT molecular complexity index is 1010. The number of carbonyl (C=O) groups excluding carboxylic acids is 1. The summed E-state index contributed by atoms with van der Waals surface area (Å²) < 4.78 is 22.9. The van der Waals surface area contributed by atoms with E-state index in [-0.39, 0.29) is 10.8 Å². The van der Waals surface area contributed by atoms with Gasteiger partial charge in [0.15, 0.2) is 9.84 Å². The van der Waals surface area contributed by atoms with Gasteiger partial charge in [0, 0.05) is 18.1 Å². The van der Waals surface area contributed by atoms with E-state index in [0.29, 0.717) is 27.0 Å². The van der Waals surface area contributed by atoms with Crippen LogP contribution in [-0.4, -0.2) is 30.5 Å². The lowest BCUT2D eigenvalue weighted by atomic mass is 10.3. The van der Waals surface area contributed by atoms with Crippen LogP contribution in [-0.2, 0) is 9.84 Å². The maximum Gasteiger partial charge on any atom is 0.267 e. The number of hydrogen-bond acceptors (Lipinski definition) is 6. The molecule has 128 valence electrons. The molecule has 2 heterocycles. The molecule has 0 aliphatic carbocycles. The van der Waals surface area contributed by atoms with Crippen LogP contribution in [0.2, 0.25) is 0 Å². The average molecular weight is 373 g/mol. The molecule has 3 aromatic rings. The standard InChI is InChI=1S/C17H15N3O3S2/c1-11-15(24-17(19-11)14-5-3-4-10-18-14)16(21)20-12-6-8-13(9-7-12)25(2,22)23/h3-10H,1-2H3,(H,20,21). The fraction of sp³-hybridized carbons (Fsp3) is 0.118. The van der Waals surface area contributed by atoms with Gasteiger partial charge < -0.3 is 5.32 Å². The highest BCUT2D eigenvalue weighted by Crippen LogP contribution is 2.27. The van der Waals surface area contributed by atoms with Crippen molar-refractivity contribution in [1.82, 2.24) is 9.97 Å². The summed E-state index contributed by atoms with van der Waals surface area (Å²) in [7, 11) is -3.26. The maximum atomic E-state index is 12.5. The van der Waals surface area contributed by atoms with E-state index in [4.69, 9.17) is 0 Å².